The molecule has 0 spiro atoms. The lowest BCUT2D eigenvalue weighted by atomic mass is 10.3. The average molecular weight is 271 g/mol. The van der Waals surface area contributed by atoms with Crippen LogP contribution >= 0.6 is 0 Å². The van der Waals surface area contributed by atoms with Crippen LogP contribution in [0.3, 0.4) is 0 Å². The van der Waals surface area contributed by atoms with E-state index < -0.39 is 5.97 Å². The van der Waals surface area contributed by atoms with Crippen LogP contribution in [0.5, 0.6) is 0 Å². The fourth-order valence-electron chi connectivity index (χ4n) is 2.05. The first-order chi connectivity index (χ1) is 9.04. The van der Waals surface area contributed by atoms with Gasteiger partial charge in [0.2, 0.25) is 0 Å². The second kappa shape index (κ2) is 7.99. The number of hydrogen-bond donors (Lipinski definition) is 2. The zero-order chi connectivity index (χ0) is 14.3. The van der Waals surface area contributed by atoms with Gasteiger partial charge in [0.1, 0.15) is 0 Å². The number of nitrogens with one attached hydrogen (secondary N) is 1. The maximum absolute atomic E-state index is 11.7. The van der Waals surface area contributed by atoms with E-state index in [9.17, 15) is 9.59 Å². The topological polar surface area (TPSA) is 72.9 Å². The van der Waals surface area contributed by atoms with Crippen LogP contribution < -0.4 is 5.32 Å². The molecule has 1 saturated carbocycles. The Morgan fingerprint density at radius 3 is 2.53 bits per heavy atom. The van der Waals surface area contributed by atoms with Crippen molar-refractivity contribution >= 4 is 12.0 Å². The lowest BCUT2D eigenvalue weighted by molar-refractivity contribution is -0.137. The molecule has 1 fully saturated rings. The number of hydrogen-bond acceptors (Lipinski definition) is 3. The molecule has 0 bridgehead atoms. The van der Waals surface area contributed by atoms with Gasteiger partial charge in [-0.1, -0.05) is 6.92 Å². The Kier molecular flexibility index (Phi) is 6.62. The van der Waals surface area contributed by atoms with E-state index >= 15 is 0 Å². The molecule has 0 aromatic rings. The third-order valence-electron chi connectivity index (χ3n) is 3.38. The van der Waals surface area contributed by atoms with Gasteiger partial charge in [0.25, 0.3) is 0 Å². The molecule has 0 saturated heterocycles. The summed E-state index contributed by atoms with van der Waals surface area (Å²) in [5, 5.41) is 11.4. The zero-order valence-corrected chi connectivity index (χ0v) is 11.9. The first-order valence-electron chi connectivity index (χ1n) is 6.99. The number of carboxylic acids is 1. The molecule has 2 amide bonds. The third-order valence-corrected chi connectivity index (χ3v) is 3.38. The number of urea groups is 1. The summed E-state index contributed by atoms with van der Waals surface area (Å²) in [6.07, 6.45) is 3.14. The van der Waals surface area contributed by atoms with Crippen molar-refractivity contribution in [3.8, 4) is 0 Å². The zero-order valence-electron chi connectivity index (χ0n) is 11.9. The summed E-state index contributed by atoms with van der Waals surface area (Å²) in [6.45, 7) is 5.16. The Hall–Kier alpha value is -1.30. The molecule has 0 aromatic carbocycles. The number of carbonyl (C=O) groups excluding carboxylic acids is 1. The van der Waals surface area contributed by atoms with Crippen LogP contribution in [0.25, 0.3) is 0 Å². The predicted octanol–water partition coefficient (Wildman–Crippen LogP) is 0.977. The summed E-state index contributed by atoms with van der Waals surface area (Å²) < 4.78 is 0. The molecule has 1 aliphatic rings. The third kappa shape index (κ3) is 6.42. The molecule has 110 valence electrons. The normalized spacial score (nSPS) is 14.5. The highest BCUT2D eigenvalue weighted by molar-refractivity contribution is 5.73. The van der Waals surface area contributed by atoms with E-state index in [-0.39, 0.29) is 12.5 Å². The number of amides is 2. The molecule has 2 N–H and O–H groups in total. The van der Waals surface area contributed by atoms with Crippen molar-refractivity contribution in [2.75, 3.05) is 33.2 Å². The summed E-state index contributed by atoms with van der Waals surface area (Å²) in [6, 6.07) is 0.590. The Morgan fingerprint density at radius 2 is 2.00 bits per heavy atom. The molecule has 19 heavy (non-hydrogen) atoms. The maximum atomic E-state index is 11.7. The molecule has 6 heteroatoms. The molecule has 0 aromatic heterocycles. The first kappa shape index (κ1) is 15.8. The van der Waals surface area contributed by atoms with Crippen LogP contribution in [0.1, 0.15) is 32.6 Å². The van der Waals surface area contributed by atoms with Crippen LogP contribution in [0.2, 0.25) is 0 Å². The van der Waals surface area contributed by atoms with E-state index in [1.807, 2.05) is 0 Å². The van der Waals surface area contributed by atoms with Crippen LogP contribution in [0, 0.1) is 0 Å². The first-order valence-corrected chi connectivity index (χ1v) is 6.99. The van der Waals surface area contributed by atoms with Gasteiger partial charge in [0, 0.05) is 39.1 Å². The van der Waals surface area contributed by atoms with E-state index in [0.29, 0.717) is 19.5 Å². The molecule has 0 aliphatic heterocycles. The summed E-state index contributed by atoms with van der Waals surface area (Å²) in [4.78, 5) is 26.0. The quantitative estimate of drug-likeness (QED) is 0.655. The summed E-state index contributed by atoms with van der Waals surface area (Å²) >= 11 is 0. The van der Waals surface area contributed by atoms with Gasteiger partial charge in [-0.25, -0.2) is 4.79 Å². The molecule has 0 radical (unpaired) electrons. The van der Waals surface area contributed by atoms with Gasteiger partial charge >= 0.3 is 12.0 Å². The molecule has 1 rings (SSSR count). The Balaban J connectivity index is 2.10. The van der Waals surface area contributed by atoms with Crippen LogP contribution in [-0.2, 0) is 4.79 Å². The lowest BCUT2D eigenvalue weighted by Gasteiger charge is -2.22. The van der Waals surface area contributed by atoms with Crippen LogP contribution in [0.15, 0.2) is 0 Å². The van der Waals surface area contributed by atoms with Gasteiger partial charge in [-0.05, 0) is 25.8 Å². The fourth-order valence-corrected chi connectivity index (χ4v) is 2.05. The summed E-state index contributed by atoms with van der Waals surface area (Å²) in [5.41, 5.74) is 0. The monoisotopic (exact) mass is 271 g/mol. The van der Waals surface area contributed by atoms with Crippen molar-refractivity contribution in [2.45, 2.75) is 38.6 Å². The van der Waals surface area contributed by atoms with E-state index in [4.69, 9.17) is 5.11 Å². The molecule has 0 unspecified atom stereocenters. The highest BCUT2D eigenvalue weighted by atomic mass is 16.4. The van der Waals surface area contributed by atoms with Gasteiger partial charge in [-0.2, -0.15) is 0 Å². The SMILES string of the molecule is CCN(CCNC(=O)N(C)CCCC(=O)O)C1CC1. The minimum Gasteiger partial charge on any atom is -0.481 e. The van der Waals surface area contributed by atoms with Crippen molar-refractivity contribution < 1.29 is 14.7 Å². The van der Waals surface area contributed by atoms with E-state index in [1.165, 1.54) is 17.7 Å². The number of carbonyl (C=O) groups is 2. The van der Waals surface area contributed by atoms with Crippen molar-refractivity contribution in [3.63, 3.8) is 0 Å². The molecule has 0 atom stereocenters. The van der Waals surface area contributed by atoms with Crippen LogP contribution in [0.4, 0.5) is 4.79 Å². The number of aliphatic carboxylic acids is 1. The van der Waals surface area contributed by atoms with Crippen molar-refractivity contribution in [2.24, 2.45) is 0 Å². The van der Waals surface area contributed by atoms with Gasteiger partial charge in [0.15, 0.2) is 0 Å². The van der Waals surface area contributed by atoms with Gasteiger partial charge in [0.05, 0.1) is 0 Å². The molecular formula is C13H25N3O3. The molecule has 1 aliphatic carbocycles. The van der Waals surface area contributed by atoms with E-state index in [0.717, 1.165) is 19.1 Å². The lowest BCUT2D eigenvalue weighted by Crippen LogP contribution is -2.42. The number of carboxylic acid groups (broad SMARTS) is 1. The number of nitrogens with zero attached hydrogens (tertiary/aromatic N) is 2. The van der Waals surface area contributed by atoms with Gasteiger partial charge in [-0.3, -0.25) is 9.69 Å². The minimum atomic E-state index is -0.822. The Labute approximate surface area is 114 Å². The van der Waals surface area contributed by atoms with E-state index in [2.05, 4.69) is 17.1 Å². The fraction of sp³-hybridized carbons (Fsp3) is 0.846. The Bertz CT molecular complexity index is 306. The molecule has 6 nitrogen and oxygen atoms in total. The standard InChI is InChI=1S/C13H25N3O3/c1-3-16(11-6-7-11)10-8-14-13(19)15(2)9-4-5-12(17)18/h11H,3-10H2,1-2H3,(H,14,19)(H,17,18). The van der Waals surface area contributed by atoms with Crippen molar-refractivity contribution in [3.05, 3.63) is 0 Å². The molecule has 0 heterocycles. The van der Waals surface area contributed by atoms with Crippen molar-refractivity contribution in [1.82, 2.24) is 15.1 Å². The number of likely N-dealkylation sites (N-methyl/N-ethyl adjacent to an activating group) is 1. The largest absolute Gasteiger partial charge is 0.481 e. The maximum Gasteiger partial charge on any atom is 0.317 e. The highest BCUT2D eigenvalue weighted by Gasteiger charge is 2.27. The van der Waals surface area contributed by atoms with Gasteiger partial charge in [-0.15, -0.1) is 0 Å². The smallest absolute Gasteiger partial charge is 0.317 e. The molecular weight excluding hydrogens is 246 g/mol. The van der Waals surface area contributed by atoms with Gasteiger partial charge < -0.3 is 15.3 Å². The number of rotatable bonds is 9. The second-order valence-corrected chi connectivity index (χ2v) is 5.01. The highest BCUT2D eigenvalue weighted by Crippen LogP contribution is 2.25. The predicted molar refractivity (Wildman–Crippen MR) is 73.2 cm³/mol. The summed E-state index contributed by atoms with van der Waals surface area (Å²) in [5.74, 6) is -0.822. The summed E-state index contributed by atoms with van der Waals surface area (Å²) in [7, 11) is 1.69. The van der Waals surface area contributed by atoms with Crippen molar-refractivity contribution in [1.29, 1.82) is 0 Å². The second-order valence-electron chi connectivity index (χ2n) is 5.01. The van der Waals surface area contributed by atoms with E-state index in [1.54, 1.807) is 7.05 Å². The van der Waals surface area contributed by atoms with Crippen LogP contribution in [-0.4, -0.2) is 66.2 Å². The Morgan fingerprint density at radius 1 is 1.32 bits per heavy atom. The average Bonchev–Trinajstić information content (AvgIpc) is 3.18. The minimum absolute atomic E-state index is 0.100.